The van der Waals surface area contributed by atoms with Gasteiger partial charge in [-0.2, -0.15) is 0 Å². The van der Waals surface area contributed by atoms with Gasteiger partial charge in [-0.15, -0.1) is 0 Å². The highest BCUT2D eigenvalue weighted by Gasteiger charge is 2.37. The molecular weight excluding hydrogens is 622 g/mol. The largest absolute Gasteiger partial charge is 0.454 e. The van der Waals surface area contributed by atoms with Crippen molar-refractivity contribution in [2.45, 2.75) is 0 Å². The Kier molecular flexibility index (Phi) is 8.07. The Hall–Kier alpha value is -6.74. The summed E-state index contributed by atoms with van der Waals surface area (Å²) in [6.07, 6.45) is 0. The molecular formula is C40H25NO8. The number of hydrogen-bond donors (Lipinski definition) is 0. The van der Waals surface area contributed by atoms with E-state index >= 15 is 0 Å². The number of esters is 2. The minimum absolute atomic E-state index is 0.00334. The van der Waals surface area contributed by atoms with Gasteiger partial charge < -0.3 is 9.47 Å². The standard InChI is InChI=1S/C40H25NO8/c42-35(31-13-5-9-24-7-1-3-11-29(24)31)22-48-39(46)26-15-18-28(19-16-26)41-37(44)33-20-17-27(21-34(33)38(41)45)40(47)49-23-36(43)32-14-6-10-25-8-2-4-12-30(25)32/h1-21H,22-23H2. The fourth-order valence-corrected chi connectivity index (χ4v) is 5.87. The van der Waals surface area contributed by atoms with E-state index in [1.54, 1.807) is 24.3 Å². The van der Waals surface area contributed by atoms with E-state index in [1.165, 1.54) is 42.5 Å². The minimum Gasteiger partial charge on any atom is -0.454 e. The second-order valence-corrected chi connectivity index (χ2v) is 11.3. The first kappa shape index (κ1) is 30.9. The van der Waals surface area contributed by atoms with Crippen LogP contribution in [0.3, 0.4) is 0 Å². The summed E-state index contributed by atoms with van der Waals surface area (Å²) in [7, 11) is 0. The molecule has 0 N–H and O–H groups in total. The van der Waals surface area contributed by atoms with Crippen LogP contribution in [0.1, 0.15) is 62.1 Å². The maximum absolute atomic E-state index is 13.4. The molecule has 6 aromatic carbocycles. The molecule has 0 fully saturated rings. The van der Waals surface area contributed by atoms with Crippen LogP contribution < -0.4 is 4.90 Å². The van der Waals surface area contributed by atoms with Crippen LogP contribution in [0.15, 0.2) is 127 Å². The van der Waals surface area contributed by atoms with Crippen molar-refractivity contribution in [3.05, 3.63) is 161 Å². The van der Waals surface area contributed by atoms with Crippen molar-refractivity contribution < 1.29 is 38.2 Å². The van der Waals surface area contributed by atoms with E-state index in [-0.39, 0.29) is 39.5 Å². The van der Waals surface area contributed by atoms with E-state index in [4.69, 9.17) is 9.47 Å². The van der Waals surface area contributed by atoms with Gasteiger partial charge in [0.05, 0.1) is 27.9 Å². The molecule has 0 aromatic heterocycles. The Morgan fingerprint density at radius 3 is 1.53 bits per heavy atom. The average molecular weight is 648 g/mol. The molecule has 0 bridgehead atoms. The fraction of sp³-hybridized carbons (Fsp3) is 0.0500. The maximum atomic E-state index is 13.4. The van der Waals surface area contributed by atoms with E-state index in [0.717, 1.165) is 26.4 Å². The number of ketones is 2. The first-order valence-electron chi connectivity index (χ1n) is 15.3. The van der Waals surface area contributed by atoms with Crippen LogP contribution in [0.2, 0.25) is 0 Å². The fourth-order valence-electron chi connectivity index (χ4n) is 5.87. The lowest BCUT2D eigenvalue weighted by atomic mass is 10.0. The summed E-state index contributed by atoms with van der Waals surface area (Å²) in [5, 5.41) is 3.27. The lowest BCUT2D eigenvalue weighted by Gasteiger charge is -2.14. The number of anilines is 1. The zero-order valence-corrected chi connectivity index (χ0v) is 25.8. The predicted molar refractivity (Wildman–Crippen MR) is 181 cm³/mol. The van der Waals surface area contributed by atoms with Crippen molar-refractivity contribution in [1.82, 2.24) is 0 Å². The van der Waals surface area contributed by atoms with Crippen LogP contribution >= 0.6 is 0 Å². The molecule has 6 aromatic rings. The molecule has 0 aliphatic carbocycles. The third kappa shape index (κ3) is 5.85. The highest BCUT2D eigenvalue weighted by Crippen LogP contribution is 2.30. The third-order valence-electron chi connectivity index (χ3n) is 8.33. The number of ether oxygens (including phenoxy) is 2. The van der Waals surface area contributed by atoms with Crippen LogP contribution in [0.4, 0.5) is 5.69 Å². The summed E-state index contributed by atoms with van der Waals surface area (Å²) in [5.41, 5.74) is 1.26. The summed E-state index contributed by atoms with van der Waals surface area (Å²) < 4.78 is 10.5. The van der Waals surface area contributed by atoms with Gasteiger partial charge in [0.25, 0.3) is 11.8 Å². The topological polar surface area (TPSA) is 124 Å². The summed E-state index contributed by atoms with van der Waals surface area (Å²) in [6, 6.07) is 35.0. The Bertz CT molecular complexity index is 2350. The van der Waals surface area contributed by atoms with Gasteiger partial charge in [0, 0.05) is 11.1 Å². The predicted octanol–water partition coefficient (Wildman–Crippen LogP) is 6.87. The summed E-state index contributed by atoms with van der Waals surface area (Å²) in [5.74, 6) is -3.58. The van der Waals surface area contributed by atoms with Crippen LogP contribution in [0, 0.1) is 0 Å². The Balaban J connectivity index is 0.996. The minimum atomic E-state index is -0.822. The van der Waals surface area contributed by atoms with Crippen molar-refractivity contribution in [2.24, 2.45) is 0 Å². The van der Waals surface area contributed by atoms with Gasteiger partial charge in [0.2, 0.25) is 11.6 Å². The Morgan fingerprint density at radius 2 is 0.959 bits per heavy atom. The number of carbonyl (C=O) groups is 6. The van der Waals surface area contributed by atoms with Gasteiger partial charge >= 0.3 is 11.9 Å². The summed E-state index contributed by atoms with van der Waals surface area (Å²) >= 11 is 0. The molecule has 9 nitrogen and oxygen atoms in total. The first-order chi connectivity index (χ1) is 23.8. The number of fused-ring (bicyclic) bond motifs is 3. The molecule has 49 heavy (non-hydrogen) atoms. The number of benzene rings is 6. The summed E-state index contributed by atoms with van der Waals surface area (Å²) in [4.78, 5) is 78.8. The number of amides is 2. The Morgan fingerprint density at radius 1 is 0.490 bits per heavy atom. The molecule has 0 spiro atoms. The zero-order valence-electron chi connectivity index (χ0n) is 25.8. The first-order valence-corrected chi connectivity index (χ1v) is 15.3. The second kappa shape index (κ2) is 12.8. The van der Waals surface area contributed by atoms with Crippen molar-refractivity contribution >= 4 is 62.6 Å². The number of carbonyl (C=O) groups excluding carboxylic acids is 6. The van der Waals surface area contributed by atoms with E-state index in [0.29, 0.717) is 11.1 Å². The number of rotatable bonds is 9. The van der Waals surface area contributed by atoms with Gasteiger partial charge in [-0.3, -0.25) is 19.2 Å². The molecule has 0 radical (unpaired) electrons. The maximum Gasteiger partial charge on any atom is 0.338 e. The smallest absolute Gasteiger partial charge is 0.338 e. The van der Waals surface area contributed by atoms with Crippen LogP contribution in [-0.2, 0) is 9.47 Å². The van der Waals surface area contributed by atoms with E-state index in [1.807, 2.05) is 60.7 Å². The van der Waals surface area contributed by atoms with Crippen LogP contribution in [0.5, 0.6) is 0 Å². The highest BCUT2D eigenvalue weighted by atomic mass is 16.5. The molecule has 1 aliphatic rings. The van der Waals surface area contributed by atoms with Gasteiger partial charge in [0.15, 0.2) is 13.2 Å². The second-order valence-electron chi connectivity index (χ2n) is 11.3. The summed E-state index contributed by atoms with van der Waals surface area (Å²) in [6.45, 7) is -0.968. The molecule has 2 amide bonds. The molecule has 9 heteroatoms. The van der Waals surface area contributed by atoms with Gasteiger partial charge in [-0.05, 0) is 64.0 Å². The lowest BCUT2D eigenvalue weighted by Crippen LogP contribution is -2.29. The molecule has 1 aliphatic heterocycles. The van der Waals surface area contributed by atoms with Crippen molar-refractivity contribution in [3.8, 4) is 0 Å². The molecule has 0 saturated heterocycles. The van der Waals surface area contributed by atoms with Crippen molar-refractivity contribution in [2.75, 3.05) is 18.1 Å². The molecule has 238 valence electrons. The molecule has 1 heterocycles. The quantitative estimate of drug-likeness (QED) is 0.0946. The zero-order chi connectivity index (χ0) is 34.1. The molecule has 0 unspecified atom stereocenters. The number of nitrogens with zero attached hydrogens (tertiary/aromatic N) is 1. The molecule has 0 atom stereocenters. The van der Waals surface area contributed by atoms with Crippen LogP contribution in [-0.4, -0.2) is 48.5 Å². The lowest BCUT2D eigenvalue weighted by molar-refractivity contribution is 0.0472. The van der Waals surface area contributed by atoms with Crippen molar-refractivity contribution in [1.29, 1.82) is 0 Å². The molecule has 0 saturated carbocycles. The van der Waals surface area contributed by atoms with Gasteiger partial charge in [0.1, 0.15) is 0 Å². The number of imide groups is 1. The number of hydrogen-bond acceptors (Lipinski definition) is 8. The van der Waals surface area contributed by atoms with Gasteiger partial charge in [-0.1, -0.05) is 84.9 Å². The average Bonchev–Trinajstić information content (AvgIpc) is 3.40. The number of Topliss-reactive ketones (excluding diaryl/α,β-unsaturated/α-hetero) is 2. The SMILES string of the molecule is O=C(OCC(=O)c1cccc2ccccc12)c1ccc(N2C(=O)c3ccc(C(=O)OCC(=O)c4cccc5ccccc45)cc3C2=O)cc1. The van der Waals surface area contributed by atoms with E-state index < -0.39 is 37.0 Å². The normalized spacial score (nSPS) is 12.2. The van der Waals surface area contributed by atoms with E-state index in [2.05, 4.69) is 0 Å². The highest BCUT2D eigenvalue weighted by molar-refractivity contribution is 6.34. The van der Waals surface area contributed by atoms with Gasteiger partial charge in [-0.25, -0.2) is 14.5 Å². The molecule has 7 rings (SSSR count). The van der Waals surface area contributed by atoms with E-state index in [9.17, 15) is 28.8 Å². The Labute approximate surface area is 279 Å². The monoisotopic (exact) mass is 647 g/mol. The van der Waals surface area contributed by atoms with Crippen molar-refractivity contribution in [3.63, 3.8) is 0 Å². The third-order valence-corrected chi connectivity index (χ3v) is 8.33. The van der Waals surface area contributed by atoms with Crippen LogP contribution in [0.25, 0.3) is 21.5 Å².